The zero-order chi connectivity index (χ0) is 24.9. The first-order valence-electron chi connectivity index (χ1n) is 11.3. The van der Waals surface area contributed by atoms with Gasteiger partial charge in [-0.2, -0.15) is 5.26 Å². The van der Waals surface area contributed by atoms with Crippen LogP contribution >= 0.6 is 0 Å². The second-order valence-electron chi connectivity index (χ2n) is 8.18. The van der Waals surface area contributed by atoms with Gasteiger partial charge < -0.3 is 15.5 Å². The van der Waals surface area contributed by atoms with Gasteiger partial charge in [0.2, 0.25) is 0 Å². The molecule has 0 bridgehead atoms. The highest BCUT2D eigenvalue weighted by Gasteiger charge is 2.14. The number of benzene rings is 3. The summed E-state index contributed by atoms with van der Waals surface area (Å²) in [5.74, 6) is -0.115. The molecular formula is C29H22N6O. The molecule has 0 spiro atoms. The Labute approximate surface area is 208 Å². The third-order valence-corrected chi connectivity index (χ3v) is 5.79. The maximum Gasteiger partial charge on any atom is 0.258 e. The van der Waals surface area contributed by atoms with E-state index in [4.69, 9.17) is 0 Å². The minimum absolute atomic E-state index is 0.115. The van der Waals surface area contributed by atoms with Crippen molar-refractivity contribution < 1.29 is 4.79 Å². The molecule has 0 aliphatic heterocycles. The third-order valence-electron chi connectivity index (χ3n) is 5.79. The van der Waals surface area contributed by atoms with Crippen molar-refractivity contribution >= 4 is 45.2 Å². The van der Waals surface area contributed by atoms with E-state index < -0.39 is 0 Å². The molecule has 7 nitrogen and oxygen atoms in total. The van der Waals surface area contributed by atoms with Crippen molar-refractivity contribution in [2.24, 2.45) is 0 Å². The molecule has 5 rings (SSSR count). The van der Waals surface area contributed by atoms with Gasteiger partial charge in [-0.05, 0) is 78.9 Å². The van der Waals surface area contributed by atoms with Crippen LogP contribution in [0.5, 0.6) is 0 Å². The van der Waals surface area contributed by atoms with Crippen molar-refractivity contribution in [2.45, 2.75) is 0 Å². The molecule has 3 aromatic carbocycles. The molecule has 0 radical (unpaired) electrons. The summed E-state index contributed by atoms with van der Waals surface area (Å²) in [4.78, 5) is 23.2. The van der Waals surface area contributed by atoms with Crippen LogP contribution in [-0.4, -0.2) is 22.9 Å². The number of rotatable bonds is 6. The Kier molecular flexibility index (Phi) is 6.24. The SMILES string of the molecule is CN(C(=O)c1ccc(Nc2ccnc3ccc(C#N)cc23)cc1)c1cccc(Nc2ccncc2)c1. The van der Waals surface area contributed by atoms with E-state index in [1.165, 1.54) is 0 Å². The van der Waals surface area contributed by atoms with Crippen LogP contribution in [0.3, 0.4) is 0 Å². The van der Waals surface area contributed by atoms with E-state index >= 15 is 0 Å². The number of aromatic nitrogens is 2. The lowest BCUT2D eigenvalue weighted by Crippen LogP contribution is -2.26. The van der Waals surface area contributed by atoms with Crippen LogP contribution in [0.1, 0.15) is 15.9 Å². The van der Waals surface area contributed by atoms with Crippen LogP contribution < -0.4 is 15.5 Å². The first-order chi connectivity index (χ1) is 17.6. The number of carbonyl (C=O) groups is 1. The molecule has 0 fully saturated rings. The molecular weight excluding hydrogens is 448 g/mol. The number of pyridine rings is 2. The van der Waals surface area contributed by atoms with E-state index in [1.807, 2.05) is 66.7 Å². The minimum Gasteiger partial charge on any atom is -0.355 e. The van der Waals surface area contributed by atoms with Crippen molar-refractivity contribution in [3.8, 4) is 6.07 Å². The Morgan fingerprint density at radius 1 is 0.833 bits per heavy atom. The van der Waals surface area contributed by atoms with Crippen LogP contribution in [0.15, 0.2) is 104 Å². The van der Waals surface area contributed by atoms with E-state index in [9.17, 15) is 10.1 Å². The van der Waals surface area contributed by atoms with E-state index in [0.717, 1.165) is 39.3 Å². The molecule has 1 amide bonds. The molecule has 2 N–H and O–H groups in total. The number of fused-ring (bicyclic) bond motifs is 1. The first-order valence-corrected chi connectivity index (χ1v) is 11.3. The van der Waals surface area contributed by atoms with Gasteiger partial charge in [0.25, 0.3) is 5.91 Å². The molecule has 0 aliphatic rings. The molecule has 2 aromatic heterocycles. The third kappa shape index (κ3) is 4.83. The van der Waals surface area contributed by atoms with Crippen molar-refractivity contribution in [3.63, 3.8) is 0 Å². The van der Waals surface area contributed by atoms with Gasteiger partial charge in [0, 0.05) is 65.0 Å². The Bertz CT molecular complexity index is 1580. The molecule has 0 saturated carbocycles. The van der Waals surface area contributed by atoms with Gasteiger partial charge in [0.15, 0.2) is 0 Å². The average molecular weight is 471 g/mol. The molecule has 0 saturated heterocycles. The lowest BCUT2D eigenvalue weighted by atomic mass is 10.1. The van der Waals surface area contributed by atoms with Gasteiger partial charge >= 0.3 is 0 Å². The fourth-order valence-electron chi connectivity index (χ4n) is 3.88. The second-order valence-corrected chi connectivity index (χ2v) is 8.18. The Balaban J connectivity index is 1.32. The van der Waals surface area contributed by atoms with Gasteiger partial charge in [0.05, 0.1) is 17.1 Å². The van der Waals surface area contributed by atoms with Crippen LogP contribution in [0.25, 0.3) is 10.9 Å². The van der Waals surface area contributed by atoms with Crippen LogP contribution in [0.2, 0.25) is 0 Å². The summed E-state index contributed by atoms with van der Waals surface area (Å²) in [5.41, 5.74) is 6.18. The number of hydrogen-bond acceptors (Lipinski definition) is 6. The minimum atomic E-state index is -0.115. The molecule has 5 aromatic rings. The first kappa shape index (κ1) is 22.6. The summed E-state index contributed by atoms with van der Waals surface area (Å²) in [5, 5.41) is 16.8. The van der Waals surface area contributed by atoms with Gasteiger partial charge in [-0.3, -0.25) is 14.8 Å². The molecule has 0 unspecified atom stereocenters. The zero-order valence-electron chi connectivity index (χ0n) is 19.5. The van der Waals surface area contributed by atoms with Crippen molar-refractivity contribution in [3.05, 3.63) is 115 Å². The summed E-state index contributed by atoms with van der Waals surface area (Å²) < 4.78 is 0. The summed E-state index contributed by atoms with van der Waals surface area (Å²) in [7, 11) is 1.76. The Morgan fingerprint density at radius 3 is 2.39 bits per heavy atom. The van der Waals surface area contributed by atoms with Crippen LogP contribution in [0.4, 0.5) is 28.4 Å². The maximum atomic E-state index is 13.2. The highest BCUT2D eigenvalue weighted by atomic mass is 16.2. The molecule has 0 atom stereocenters. The highest BCUT2D eigenvalue weighted by molar-refractivity contribution is 6.06. The number of anilines is 5. The molecule has 2 heterocycles. The molecule has 174 valence electrons. The summed E-state index contributed by atoms with van der Waals surface area (Å²) in [6, 6.07) is 28.2. The smallest absolute Gasteiger partial charge is 0.258 e. The number of amides is 1. The highest BCUT2D eigenvalue weighted by Crippen LogP contribution is 2.27. The maximum absolute atomic E-state index is 13.2. The summed E-state index contributed by atoms with van der Waals surface area (Å²) in [6.07, 6.45) is 5.17. The number of nitrogens with one attached hydrogen (secondary N) is 2. The van der Waals surface area contributed by atoms with Crippen LogP contribution in [0, 0.1) is 11.3 Å². The Morgan fingerprint density at radius 2 is 1.61 bits per heavy atom. The predicted molar refractivity (Wildman–Crippen MR) is 143 cm³/mol. The van der Waals surface area contributed by atoms with E-state index in [2.05, 4.69) is 26.7 Å². The number of carbonyl (C=O) groups excluding carboxylic acids is 1. The van der Waals surface area contributed by atoms with E-state index in [-0.39, 0.29) is 5.91 Å². The number of nitriles is 1. The average Bonchev–Trinajstić information content (AvgIpc) is 2.93. The quantitative estimate of drug-likeness (QED) is 0.304. The standard InChI is InChI=1S/C29H22N6O/c1-35(25-4-2-3-24(18-25)33-23-11-14-31-15-12-23)29(36)21-6-8-22(9-7-21)34-28-13-16-32-27-10-5-20(19-30)17-26(27)28/h2-18H,1H3,(H,31,33)(H,32,34). The van der Waals surface area contributed by atoms with Crippen LogP contribution in [-0.2, 0) is 0 Å². The van der Waals surface area contributed by atoms with Crippen molar-refractivity contribution in [1.29, 1.82) is 5.26 Å². The topological polar surface area (TPSA) is 93.9 Å². The lowest BCUT2D eigenvalue weighted by molar-refractivity contribution is 0.0993. The second kappa shape index (κ2) is 9.95. The van der Waals surface area contributed by atoms with Gasteiger partial charge in [0.1, 0.15) is 0 Å². The van der Waals surface area contributed by atoms with Crippen molar-refractivity contribution in [2.75, 3.05) is 22.6 Å². The summed E-state index contributed by atoms with van der Waals surface area (Å²) in [6.45, 7) is 0. The molecule has 7 heteroatoms. The fourth-order valence-corrected chi connectivity index (χ4v) is 3.88. The fraction of sp³-hybridized carbons (Fsp3) is 0.0345. The normalized spacial score (nSPS) is 10.4. The van der Waals surface area contributed by atoms with Gasteiger partial charge in [-0.1, -0.05) is 6.07 Å². The molecule has 0 aliphatic carbocycles. The predicted octanol–water partition coefficient (Wildman–Crippen LogP) is 6.27. The molecule has 36 heavy (non-hydrogen) atoms. The van der Waals surface area contributed by atoms with E-state index in [0.29, 0.717) is 11.1 Å². The lowest BCUT2D eigenvalue weighted by Gasteiger charge is -2.19. The van der Waals surface area contributed by atoms with E-state index in [1.54, 1.807) is 48.7 Å². The van der Waals surface area contributed by atoms with Gasteiger partial charge in [-0.15, -0.1) is 0 Å². The number of hydrogen-bond donors (Lipinski definition) is 2. The van der Waals surface area contributed by atoms with Crippen molar-refractivity contribution in [1.82, 2.24) is 9.97 Å². The Hall–Kier alpha value is -5.22. The summed E-state index contributed by atoms with van der Waals surface area (Å²) >= 11 is 0. The monoisotopic (exact) mass is 470 g/mol. The largest absolute Gasteiger partial charge is 0.355 e. The number of nitrogens with zero attached hydrogens (tertiary/aromatic N) is 4. The van der Waals surface area contributed by atoms with Gasteiger partial charge in [-0.25, -0.2) is 0 Å². The zero-order valence-corrected chi connectivity index (χ0v) is 19.5.